The van der Waals surface area contributed by atoms with Crippen LogP contribution in [0, 0.1) is 5.92 Å². The molecular weight excluding hydrogens is 176 g/mol. The lowest BCUT2D eigenvalue weighted by atomic mass is 10.0. The van der Waals surface area contributed by atoms with Crippen LogP contribution in [0.25, 0.3) is 0 Å². The van der Waals surface area contributed by atoms with Crippen molar-refractivity contribution in [1.29, 1.82) is 0 Å². The number of carbonyl (C=O) groups excluding carboxylic acids is 2. The maximum atomic E-state index is 11.1. The molecular formula is C8H12O5. The summed E-state index contributed by atoms with van der Waals surface area (Å²) in [6, 6.07) is 0. The van der Waals surface area contributed by atoms with Crippen LogP contribution in [0.15, 0.2) is 0 Å². The van der Waals surface area contributed by atoms with E-state index in [9.17, 15) is 9.59 Å². The van der Waals surface area contributed by atoms with Crippen LogP contribution in [0.5, 0.6) is 0 Å². The first-order chi connectivity index (χ1) is 6.25. The Morgan fingerprint density at radius 1 is 1.69 bits per heavy atom. The minimum atomic E-state index is -0.791. The molecule has 1 rings (SSSR count). The Hall–Kier alpha value is -1.10. The summed E-state index contributed by atoms with van der Waals surface area (Å²) in [6.07, 6.45) is 1.16. The minimum Gasteiger partial charge on any atom is -0.465 e. The molecule has 74 valence electrons. The Kier molecular flexibility index (Phi) is 3.70. The van der Waals surface area contributed by atoms with Gasteiger partial charge in [-0.15, -0.1) is 0 Å². The van der Waals surface area contributed by atoms with Gasteiger partial charge in [-0.05, 0) is 12.8 Å². The highest BCUT2D eigenvalue weighted by molar-refractivity contribution is 5.95. The summed E-state index contributed by atoms with van der Waals surface area (Å²) >= 11 is 0. The maximum Gasteiger partial charge on any atom is 0.320 e. The van der Waals surface area contributed by atoms with E-state index in [-0.39, 0.29) is 13.2 Å². The fraction of sp³-hybridized carbons (Fsp3) is 0.750. The van der Waals surface area contributed by atoms with Crippen LogP contribution in [0.2, 0.25) is 0 Å². The number of esters is 2. The highest BCUT2D eigenvalue weighted by Crippen LogP contribution is 2.16. The van der Waals surface area contributed by atoms with Crippen molar-refractivity contribution in [2.45, 2.75) is 12.8 Å². The summed E-state index contributed by atoms with van der Waals surface area (Å²) in [5.41, 5.74) is 0. The highest BCUT2D eigenvalue weighted by Gasteiger charge is 2.32. The van der Waals surface area contributed by atoms with Crippen LogP contribution in [0.1, 0.15) is 12.8 Å². The highest BCUT2D eigenvalue weighted by atomic mass is 16.6. The first-order valence-electron chi connectivity index (χ1n) is 4.20. The fourth-order valence-corrected chi connectivity index (χ4v) is 1.14. The molecule has 0 aromatic carbocycles. The molecule has 5 nitrogen and oxygen atoms in total. The molecule has 0 saturated carbocycles. The SMILES string of the molecule is O=C(OCCO)C1CCCOC1=O. The number of rotatable bonds is 3. The average Bonchev–Trinajstić information content (AvgIpc) is 2.15. The predicted octanol–water partition coefficient (Wildman–Crippen LogP) is -0.525. The predicted molar refractivity (Wildman–Crippen MR) is 41.7 cm³/mol. The van der Waals surface area contributed by atoms with E-state index in [0.29, 0.717) is 19.4 Å². The van der Waals surface area contributed by atoms with Crippen LogP contribution >= 0.6 is 0 Å². The molecule has 13 heavy (non-hydrogen) atoms. The number of hydrogen-bond acceptors (Lipinski definition) is 5. The van der Waals surface area contributed by atoms with Gasteiger partial charge in [-0.25, -0.2) is 0 Å². The third-order valence-corrected chi connectivity index (χ3v) is 1.79. The Balaban J connectivity index is 2.39. The normalized spacial score (nSPS) is 22.2. The van der Waals surface area contributed by atoms with Gasteiger partial charge in [0, 0.05) is 0 Å². The molecule has 1 atom stereocenters. The Morgan fingerprint density at radius 2 is 2.46 bits per heavy atom. The quantitative estimate of drug-likeness (QED) is 0.476. The minimum absolute atomic E-state index is 0.0669. The van der Waals surface area contributed by atoms with E-state index in [1.807, 2.05) is 0 Å². The smallest absolute Gasteiger partial charge is 0.320 e. The number of aliphatic hydroxyl groups excluding tert-OH is 1. The van der Waals surface area contributed by atoms with Gasteiger partial charge in [-0.3, -0.25) is 9.59 Å². The van der Waals surface area contributed by atoms with E-state index >= 15 is 0 Å². The van der Waals surface area contributed by atoms with Gasteiger partial charge in [0.05, 0.1) is 13.2 Å². The second-order valence-electron chi connectivity index (χ2n) is 2.75. The second kappa shape index (κ2) is 4.81. The first kappa shape index (κ1) is 9.98. The van der Waals surface area contributed by atoms with Crippen molar-refractivity contribution in [2.24, 2.45) is 5.92 Å². The molecule has 0 spiro atoms. The zero-order valence-corrected chi connectivity index (χ0v) is 7.19. The molecule has 1 unspecified atom stereocenters. The second-order valence-corrected chi connectivity index (χ2v) is 2.75. The molecule has 1 aliphatic rings. The first-order valence-corrected chi connectivity index (χ1v) is 4.20. The Labute approximate surface area is 75.6 Å². The molecule has 0 aromatic rings. The molecule has 5 heteroatoms. The lowest BCUT2D eigenvalue weighted by Gasteiger charge is -2.19. The molecule has 0 bridgehead atoms. The molecule has 1 fully saturated rings. The molecule has 0 aliphatic carbocycles. The number of aliphatic hydroxyl groups is 1. The fourth-order valence-electron chi connectivity index (χ4n) is 1.14. The third kappa shape index (κ3) is 2.69. The van der Waals surface area contributed by atoms with E-state index in [4.69, 9.17) is 5.11 Å². The number of carbonyl (C=O) groups is 2. The van der Waals surface area contributed by atoms with Crippen molar-refractivity contribution in [2.75, 3.05) is 19.8 Å². The van der Waals surface area contributed by atoms with E-state index in [2.05, 4.69) is 9.47 Å². The van der Waals surface area contributed by atoms with Gasteiger partial charge in [0.2, 0.25) is 0 Å². The van der Waals surface area contributed by atoms with Crippen LogP contribution in [-0.4, -0.2) is 36.9 Å². The lowest BCUT2D eigenvalue weighted by Crippen LogP contribution is -2.32. The summed E-state index contributed by atoms with van der Waals surface area (Å²) in [5, 5.41) is 8.39. The van der Waals surface area contributed by atoms with Crippen molar-refractivity contribution >= 4 is 11.9 Å². The summed E-state index contributed by atoms with van der Waals surface area (Å²) in [6.45, 7) is 0.0821. The maximum absolute atomic E-state index is 11.1. The van der Waals surface area contributed by atoms with Crippen LogP contribution in [-0.2, 0) is 19.1 Å². The molecule has 0 amide bonds. The largest absolute Gasteiger partial charge is 0.465 e. The number of cyclic esters (lactones) is 1. The standard InChI is InChI=1S/C8H12O5/c9-3-5-13-8(11)6-2-1-4-12-7(6)10/h6,9H,1-5H2. The van der Waals surface area contributed by atoms with E-state index < -0.39 is 17.9 Å². The van der Waals surface area contributed by atoms with Crippen molar-refractivity contribution < 1.29 is 24.2 Å². The zero-order chi connectivity index (χ0) is 9.68. The van der Waals surface area contributed by atoms with Crippen molar-refractivity contribution in [1.82, 2.24) is 0 Å². The Bertz CT molecular complexity index is 201. The monoisotopic (exact) mass is 188 g/mol. The lowest BCUT2D eigenvalue weighted by molar-refractivity contribution is -0.166. The van der Waals surface area contributed by atoms with Crippen molar-refractivity contribution in [3.05, 3.63) is 0 Å². The van der Waals surface area contributed by atoms with Gasteiger partial charge in [-0.1, -0.05) is 0 Å². The van der Waals surface area contributed by atoms with E-state index in [1.54, 1.807) is 0 Å². The molecule has 0 aromatic heterocycles. The van der Waals surface area contributed by atoms with Gasteiger partial charge in [0.1, 0.15) is 6.61 Å². The molecule has 1 heterocycles. The van der Waals surface area contributed by atoms with E-state index in [1.165, 1.54) is 0 Å². The third-order valence-electron chi connectivity index (χ3n) is 1.79. The molecule has 1 saturated heterocycles. The summed E-state index contributed by atoms with van der Waals surface area (Å²) in [4.78, 5) is 22.1. The molecule has 0 radical (unpaired) electrons. The van der Waals surface area contributed by atoms with Gasteiger partial charge < -0.3 is 14.6 Å². The van der Waals surface area contributed by atoms with Crippen molar-refractivity contribution in [3.8, 4) is 0 Å². The summed E-state index contributed by atoms with van der Waals surface area (Å²) in [7, 11) is 0. The molecule has 1 N–H and O–H groups in total. The van der Waals surface area contributed by atoms with Gasteiger partial charge in [0.15, 0.2) is 5.92 Å². The summed E-state index contributed by atoms with van der Waals surface area (Å²) in [5.74, 6) is -1.91. The number of hydrogen-bond donors (Lipinski definition) is 1. The van der Waals surface area contributed by atoms with Crippen LogP contribution in [0.4, 0.5) is 0 Å². The Morgan fingerprint density at radius 3 is 3.08 bits per heavy atom. The van der Waals surface area contributed by atoms with Gasteiger partial charge >= 0.3 is 11.9 Å². The number of ether oxygens (including phenoxy) is 2. The van der Waals surface area contributed by atoms with Crippen LogP contribution in [0.3, 0.4) is 0 Å². The zero-order valence-electron chi connectivity index (χ0n) is 7.19. The van der Waals surface area contributed by atoms with Gasteiger partial charge in [-0.2, -0.15) is 0 Å². The van der Waals surface area contributed by atoms with Crippen molar-refractivity contribution in [3.63, 3.8) is 0 Å². The summed E-state index contributed by atoms with van der Waals surface area (Å²) < 4.78 is 9.30. The molecule has 1 aliphatic heterocycles. The van der Waals surface area contributed by atoms with E-state index in [0.717, 1.165) is 0 Å². The van der Waals surface area contributed by atoms with Gasteiger partial charge in [0.25, 0.3) is 0 Å². The topological polar surface area (TPSA) is 72.8 Å². The van der Waals surface area contributed by atoms with Crippen LogP contribution < -0.4 is 0 Å². The average molecular weight is 188 g/mol.